The summed E-state index contributed by atoms with van der Waals surface area (Å²) in [4.78, 5) is 11.1. The van der Waals surface area contributed by atoms with E-state index in [0.29, 0.717) is 17.8 Å². The van der Waals surface area contributed by atoms with Gasteiger partial charge in [0.25, 0.3) is 0 Å². The van der Waals surface area contributed by atoms with Gasteiger partial charge in [-0.2, -0.15) is 5.21 Å². The van der Waals surface area contributed by atoms with E-state index < -0.39 is 5.97 Å². The summed E-state index contributed by atoms with van der Waals surface area (Å²) in [5.41, 5.74) is 0. The molecule has 1 saturated carbocycles. The number of aromatic nitrogens is 4. The second-order valence-corrected chi connectivity index (χ2v) is 6.10. The van der Waals surface area contributed by atoms with Gasteiger partial charge < -0.3 is 10.4 Å². The maximum Gasteiger partial charge on any atom is 0.320 e. The van der Waals surface area contributed by atoms with Crippen molar-refractivity contribution in [2.24, 2.45) is 17.8 Å². The number of nitrogens with one attached hydrogen (secondary N) is 2. The number of fused-ring (bicyclic) bond motifs is 1. The predicted octanol–water partition coefficient (Wildman–Crippen LogP) is 0.611. The van der Waals surface area contributed by atoms with Gasteiger partial charge in [-0.15, -0.1) is 10.2 Å². The van der Waals surface area contributed by atoms with Crippen molar-refractivity contribution in [2.75, 3.05) is 6.54 Å². The molecule has 1 aromatic heterocycles. The fraction of sp³-hybridized carbons (Fsp3) is 0.846. The summed E-state index contributed by atoms with van der Waals surface area (Å²) in [5, 5.41) is 26.3. The van der Waals surface area contributed by atoms with Gasteiger partial charge in [-0.1, -0.05) is 11.6 Å². The van der Waals surface area contributed by atoms with Crippen molar-refractivity contribution < 1.29 is 9.90 Å². The highest BCUT2D eigenvalue weighted by Crippen LogP contribution is 2.40. The van der Waals surface area contributed by atoms with Crippen LogP contribution in [0.3, 0.4) is 0 Å². The van der Waals surface area contributed by atoms with E-state index >= 15 is 0 Å². The molecule has 2 heterocycles. The zero-order chi connectivity index (χ0) is 13.9. The minimum atomic E-state index is -0.711. The van der Waals surface area contributed by atoms with Gasteiger partial charge in [0.2, 0.25) is 0 Å². The van der Waals surface area contributed by atoms with E-state index in [-0.39, 0.29) is 6.04 Å². The number of H-pyrrole nitrogens is 1. The molecule has 2 aliphatic rings. The van der Waals surface area contributed by atoms with Crippen molar-refractivity contribution in [1.82, 2.24) is 25.9 Å². The molecule has 20 heavy (non-hydrogen) atoms. The molecule has 3 rings (SSSR count). The van der Waals surface area contributed by atoms with Crippen LogP contribution in [-0.4, -0.2) is 44.3 Å². The number of nitrogens with zero attached hydrogens (tertiary/aromatic N) is 3. The molecule has 1 aliphatic carbocycles. The smallest absolute Gasteiger partial charge is 0.320 e. The minimum absolute atomic E-state index is 0.354. The topological polar surface area (TPSA) is 104 Å². The van der Waals surface area contributed by atoms with E-state index in [1.54, 1.807) is 0 Å². The Morgan fingerprint density at radius 2 is 2.20 bits per heavy atom. The maximum absolute atomic E-state index is 11.1. The number of aryl methyl sites for hydroxylation is 1. The summed E-state index contributed by atoms with van der Waals surface area (Å²) in [6.45, 7) is 0.860. The first-order chi connectivity index (χ1) is 9.72. The van der Waals surface area contributed by atoms with Gasteiger partial charge in [0.1, 0.15) is 6.04 Å². The van der Waals surface area contributed by atoms with Crippen molar-refractivity contribution in [3.05, 3.63) is 5.82 Å². The Morgan fingerprint density at radius 3 is 2.95 bits per heavy atom. The van der Waals surface area contributed by atoms with Crippen molar-refractivity contribution in [3.8, 4) is 0 Å². The first kappa shape index (κ1) is 13.5. The van der Waals surface area contributed by atoms with Gasteiger partial charge >= 0.3 is 5.97 Å². The van der Waals surface area contributed by atoms with Gasteiger partial charge in [0.05, 0.1) is 0 Å². The van der Waals surface area contributed by atoms with E-state index in [1.165, 1.54) is 12.8 Å². The Balaban J connectivity index is 1.52. The molecule has 0 spiro atoms. The SMILES string of the molecule is O=C(O)[C@@H]1C[C@@H]2C[C@@H](CCc3nn[nH]n3)CC[C@H]2CN1. The molecule has 1 saturated heterocycles. The number of aromatic amines is 1. The maximum atomic E-state index is 11.1. The molecule has 7 nitrogen and oxygen atoms in total. The van der Waals surface area contributed by atoms with Gasteiger partial charge in [0, 0.05) is 6.42 Å². The van der Waals surface area contributed by atoms with Crippen LogP contribution in [0.2, 0.25) is 0 Å². The normalized spacial score (nSPS) is 33.6. The summed E-state index contributed by atoms with van der Waals surface area (Å²) in [6.07, 6.45) is 6.30. The van der Waals surface area contributed by atoms with Crippen molar-refractivity contribution >= 4 is 5.97 Å². The molecule has 0 bridgehead atoms. The van der Waals surface area contributed by atoms with Crippen LogP contribution in [0.4, 0.5) is 0 Å². The van der Waals surface area contributed by atoms with Crippen LogP contribution in [0, 0.1) is 17.8 Å². The monoisotopic (exact) mass is 279 g/mol. The van der Waals surface area contributed by atoms with E-state index in [2.05, 4.69) is 25.9 Å². The third-order valence-electron chi connectivity index (χ3n) is 4.88. The zero-order valence-corrected chi connectivity index (χ0v) is 11.5. The molecule has 0 radical (unpaired) electrons. The first-order valence-electron chi connectivity index (χ1n) is 7.41. The quantitative estimate of drug-likeness (QED) is 0.746. The number of rotatable bonds is 4. The Morgan fingerprint density at radius 1 is 1.30 bits per heavy atom. The number of aliphatic carboxylic acids is 1. The molecular formula is C13H21N5O2. The van der Waals surface area contributed by atoms with E-state index in [4.69, 9.17) is 5.11 Å². The highest BCUT2D eigenvalue weighted by atomic mass is 16.4. The van der Waals surface area contributed by atoms with Crippen LogP contribution in [0.1, 0.15) is 37.9 Å². The number of hydrogen-bond acceptors (Lipinski definition) is 5. The van der Waals surface area contributed by atoms with Crippen molar-refractivity contribution in [1.29, 1.82) is 0 Å². The summed E-state index contributed by atoms with van der Waals surface area (Å²) < 4.78 is 0. The number of carboxylic acid groups (broad SMARTS) is 1. The number of carbonyl (C=O) groups is 1. The average molecular weight is 279 g/mol. The van der Waals surface area contributed by atoms with Gasteiger partial charge in [-0.3, -0.25) is 4.79 Å². The Kier molecular flexibility index (Phi) is 3.95. The van der Waals surface area contributed by atoms with Crippen LogP contribution in [0.15, 0.2) is 0 Å². The van der Waals surface area contributed by atoms with Crippen LogP contribution in [-0.2, 0) is 11.2 Å². The predicted molar refractivity (Wildman–Crippen MR) is 70.9 cm³/mol. The van der Waals surface area contributed by atoms with Gasteiger partial charge in [-0.05, 0) is 50.0 Å². The number of carboxylic acids is 1. The average Bonchev–Trinajstić information content (AvgIpc) is 2.97. The fourth-order valence-electron chi connectivity index (χ4n) is 3.73. The standard InChI is InChI=1S/C13H21N5O2/c19-13(20)11-6-10-5-8(1-3-9(10)7-14-11)2-4-12-15-17-18-16-12/h8-11,14H,1-7H2,(H,19,20)(H,15,16,17,18)/t8-,9+,10+,11+/m1/s1. The highest BCUT2D eigenvalue weighted by Gasteiger charge is 2.37. The molecule has 1 aromatic rings. The minimum Gasteiger partial charge on any atom is -0.480 e. The molecule has 4 atom stereocenters. The second-order valence-electron chi connectivity index (χ2n) is 6.10. The first-order valence-corrected chi connectivity index (χ1v) is 7.41. The van der Waals surface area contributed by atoms with Gasteiger partial charge in [-0.25, -0.2) is 0 Å². The molecular weight excluding hydrogens is 258 g/mol. The number of hydrogen-bond donors (Lipinski definition) is 3. The molecule has 0 aromatic carbocycles. The van der Waals surface area contributed by atoms with Crippen molar-refractivity contribution in [2.45, 2.75) is 44.6 Å². The molecule has 7 heteroatoms. The lowest BCUT2D eigenvalue weighted by atomic mass is 9.69. The molecule has 1 aliphatic heterocycles. The Labute approximate surface area is 117 Å². The Bertz CT molecular complexity index is 450. The largest absolute Gasteiger partial charge is 0.480 e. The number of tetrazole rings is 1. The molecule has 110 valence electrons. The lowest BCUT2D eigenvalue weighted by Crippen LogP contribution is -2.49. The summed E-state index contributed by atoms with van der Waals surface area (Å²) in [5.74, 6) is 1.95. The fourth-order valence-corrected chi connectivity index (χ4v) is 3.73. The van der Waals surface area contributed by atoms with Crippen LogP contribution >= 0.6 is 0 Å². The van der Waals surface area contributed by atoms with Crippen LogP contribution in [0.25, 0.3) is 0 Å². The summed E-state index contributed by atoms with van der Waals surface area (Å²) in [6, 6.07) is -0.354. The van der Waals surface area contributed by atoms with E-state index in [9.17, 15) is 4.79 Å². The van der Waals surface area contributed by atoms with E-state index in [0.717, 1.165) is 38.1 Å². The molecule has 0 unspecified atom stereocenters. The lowest BCUT2D eigenvalue weighted by Gasteiger charge is -2.41. The summed E-state index contributed by atoms with van der Waals surface area (Å²) >= 11 is 0. The highest BCUT2D eigenvalue weighted by molar-refractivity contribution is 5.73. The van der Waals surface area contributed by atoms with Gasteiger partial charge in [0.15, 0.2) is 5.82 Å². The third kappa shape index (κ3) is 2.98. The molecule has 0 amide bonds. The molecule has 3 N–H and O–H groups in total. The summed E-state index contributed by atoms with van der Waals surface area (Å²) in [7, 11) is 0. The van der Waals surface area contributed by atoms with E-state index in [1.807, 2.05) is 0 Å². The second kappa shape index (κ2) is 5.87. The third-order valence-corrected chi connectivity index (χ3v) is 4.88. The van der Waals surface area contributed by atoms with Crippen LogP contribution in [0.5, 0.6) is 0 Å². The van der Waals surface area contributed by atoms with Crippen molar-refractivity contribution in [3.63, 3.8) is 0 Å². The Hall–Kier alpha value is -1.50. The number of piperidine rings is 1. The lowest BCUT2D eigenvalue weighted by molar-refractivity contribution is -0.141. The zero-order valence-electron chi connectivity index (χ0n) is 11.5. The molecule has 2 fully saturated rings. The van der Waals surface area contributed by atoms with Crippen LogP contribution < -0.4 is 5.32 Å².